The lowest BCUT2D eigenvalue weighted by Crippen LogP contribution is -2.49. The third-order valence-corrected chi connectivity index (χ3v) is 3.82. The van der Waals surface area contributed by atoms with Crippen LogP contribution in [0, 0.1) is 0 Å². The van der Waals surface area contributed by atoms with Crippen molar-refractivity contribution in [1.29, 1.82) is 0 Å². The Bertz CT molecular complexity index is 325. The first-order valence-corrected chi connectivity index (χ1v) is 6.18. The van der Waals surface area contributed by atoms with Gasteiger partial charge in [0.25, 0.3) is 0 Å². The summed E-state index contributed by atoms with van der Waals surface area (Å²) in [5.41, 5.74) is 1.22. The van der Waals surface area contributed by atoms with Gasteiger partial charge in [0.2, 0.25) is 5.91 Å². The Hall–Kier alpha value is -0.900. The minimum atomic E-state index is 0.228. The van der Waals surface area contributed by atoms with Crippen molar-refractivity contribution in [1.82, 2.24) is 4.90 Å². The first kappa shape index (κ1) is 10.6. The van der Waals surface area contributed by atoms with Crippen LogP contribution in [-0.2, 0) is 9.53 Å². The highest BCUT2D eigenvalue weighted by Crippen LogP contribution is 2.36. The molecule has 1 fully saturated rings. The SMILES string of the molecule is C=C(CC1=CN2C(=O)C[C@H]2SC1)OCC. The van der Waals surface area contributed by atoms with Gasteiger partial charge in [-0.25, -0.2) is 0 Å². The topological polar surface area (TPSA) is 29.5 Å². The fourth-order valence-corrected chi connectivity index (χ4v) is 2.92. The maximum Gasteiger partial charge on any atom is 0.230 e. The van der Waals surface area contributed by atoms with Gasteiger partial charge in [-0.3, -0.25) is 4.79 Å². The van der Waals surface area contributed by atoms with Crippen molar-refractivity contribution in [2.75, 3.05) is 12.4 Å². The van der Waals surface area contributed by atoms with E-state index in [1.807, 2.05) is 29.8 Å². The van der Waals surface area contributed by atoms with Crippen LogP contribution < -0.4 is 0 Å². The van der Waals surface area contributed by atoms with Gasteiger partial charge in [-0.1, -0.05) is 6.58 Å². The molecule has 1 amide bonds. The molecule has 0 N–H and O–H groups in total. The second-order valence-electron chi connectivity index (χ2n) is 3.71. The van der Waals surface area contributed by atoms with E-state index >= 15 is 0 Å². The number of rotatable bonds is 4. The van der Waals surface area contributed by atoms with E-state index in [4.69, 9.17) is 4.74 Å². The van der Waals surface area contributed by atoms with Crippen LogP contribution in [0.25, 0.3) is 0 Å². The molecular weight excluding hydrogens is 210 g/mol. The molecule has 0 spiro atoms. The van der Waals surface area contributed by atoms with Crippen molar-refractivity contribution in [3.63, 3.8) is 0 Å². The van der Waals surface area contributed by atoms with Crippen molar-refractivity contribution >= 4 is 17.7 Å². The molecule has 0 saturated carbocycles. The van der Waals surface area contributed by atoms with Crippen LogP contribution >= 0.6 is 11.8 Å². The number of hydrogen-bond donors (Lipinski definition) is 0. The molecule has 0 aliphatic carbocycles. The molecule has 0 aromatic heterocycles. The number of hydrogen-bond acceptors (Lipinski definition) is 3. The number of allylic oxidation sites excluding steroid dienone is 1. The lowest BCUT2D eigenvalue weighted by atomic mass is 10.1. The molecular formula is C11H15NO2S. The van der Waals surface area contributed by atoms with E-state index in [0.717, 1.165) is 17.9 Å². The van der Waals surface area contributed by atoms with Crippen LogP contribution in [0.15, 0.2) is 24.1 Å². The standard InChI is InChI=1S/C11H15NO2S/c1-3-14-8(2)4-9-6-12-10(13)5-11(12)15-7-9/h6,11H,2-5,7H2,1H3/t11-/m1/s1. The minimum absolute atomic E-state index is 0.228. The van der Waals surface area contributed by atoms with Crippen LogP contribution in [0.1, 0.15) is 19.8 Å². The summed E-state index contributed by atoms with van der Waals surface area (Å²) in [4.78, 5) is 13.1. The third-order valence-electron chi connectivity index (χ3n) is 2.50. The molecule has 2 aliphatic rings. The summed E-state index contributed by atoms with van der Waals surface area (Å²) < 4.78 is 5.30. The molecule has 0 radical (unpaired) electrons. The summed E-state index contributed by atoms with van der Waals surface area (Å²) in [5, 5.41) is 0.390. The van der Waals surface area contributed by atoms with E-state index in [1.165, 1.54) is 5.57 Å². The van der Waals surface area contributed by atoms with Gasteiger partial charge in [-0.2, -0.15) is 0 Å². The smallest absolute Gasteiger partial charge is 0.230 e. The van der Waals surface area contributed by atoms with Crippen LogP contribution in [0.2, 0.25) is 0 Å². The van der Waals surface area contributed by atoms with Gasteiger partial charge in [0.05, 0.1) is 24.2 Å². The molecule has 2 heterocycles. The van der Waals surface area contributed by atoms with E-state index in [1.54, 1.807) is 0 Å². The summed E-state index contributed by atoms with van der Waals surface area (Å²) in [7, 11) is 0. The predicted molar refractivity (Wildman–Crippen MR) is 61.2 cm³/mol. The van der Waals surface area contributed by atoms with Crippen LogP contribution in [0.3, 0.4) is 0 Å². The molecule has 2 rings (SSSR count). The largest absolute Gasteiger partial charge is 0.499 e. The summed E-state index contributed by atoms with van der Waals surface area (Å²) in [6.45, 7) is 6.45. The monoisotopic (exact) mass is 225 g/mol. The Morgan fingerprint density at radius 3 is 3.27 bits per heavy atom. The van der Waals surface area contributed by atoms with Crippen molar-refractivity contribution in [2.45, 2.75) is 25.1 Å². The van der Waals surface area contributed by atoms with E-state index < -0.39 is 0 Å². The van der Waals surface area contributed by atoms with Crippen LogP contribution in [-0.4, -0.2) is 28.5 Å². The lowest BCUT2D eigenvalue weighted by Gasteiger charge is -2.41. The normalized spacial score (nSPS) is 24.1. The molecule has 1 atom stereocenters. The second kappa shape index (κ2) is 4.31. The van der Waals surface area contributed by atoms with Crippen LogP contribution in [0.4, 0.5) is 0 Å². The molecule has 82 valence electrons. The zero-order valence-electron chi connectivity index (χ0n) is 8.86. The quantitative estimate of drug-likeness (QED) is 0.542. The summed E-state index contributed by atoms with van der Waals surface area (Å²) in [6, 6.07) is 0. The Morgan fingerprint density at radius 1 is 1.80 bits per heavy atom. The highest BCUT2D eigenvalue weighted by Gasteiger charge is 2.37. The van der Waals surface area contributed by atoms with Gasteiger partial charge in [0, 0.05) is 18.4 Å². The fourth-order valence-electron chi connectivity index (χ4n) is 1.74. The molecule has 3 nitrogen and oxygen atoms in total. The van der Waals surface area contributed by atoms with Gasteiger partial charge in [0.15, 0.2) is 0 Å². The molecule has 0 bridgehead atoms. The first-order chi connectivity index (χ1) is 7.20. The van der Waals surface area contributed by atoms with Crippen molar-refractivity contribution in [2.24, 2.45) is 0 Å². The zero-order chi connectivity index (χ0) is 10.8. The Labute approximate surface area is 94.2 Å². The summed E-state index contributed by atoms with van der Waals surface area (Å²) in [6.07, 6.45) is 3.41. The molecule has 0 aromatic rings. The van der Waals surface area contributed by atoms with Crippen molar-refractivity contribution in [3.8, 4) is 0 Å². The van der Waals surface area contributed by atoms with Crippen molar-refractivity contribution < 1.29 is 9.53 Å². The average molecular weight is 225 g/mol. The number of thioether (sulfide) groups is 1. The Balaban J connectivity index is 1.93. The van der Waals surface area contributed by atoms with Gasteiger partial charge in [-0.15, -0.1) is 11.8 Å². The second-order valence-corrected chi connectivity index (χ2v) is 4.87. The fraction of sp³-hybridized carbons (Fsp3) is 0.545. The summed E-state index contributed by atoms with van der Waals surface area (Å²) >= 11 is 1.83. The molecule has 1 saturated heterocycles. The highest BCUT2D eigenvalue weighted by molar-refractivity contribution is 8.00. The number of β-lactam (4-membered cyclic amide) rings is 1. The van der Waals surface area contributed by atoms with E-state index in [9.17, 15) is 4.79 Å². The number of carbonyl (C=O) groups is 1. The predicted octanol–water partition coefficient (Wildman–Crippen LogP) is 2.12. The highest BCUT2D eigenvalue weighted by atomic mass is 32.2. The lowest BCUT2D eigenvalue weighted by molar-refractivity contribution is -0.137. The van der Waals surface area contributed by atoms with Gasteiger partial charge >= 0.3 is 0 Å². The molecule has 2 aliphatic heterocycles. The molecule has 4 heteroatoms. The number of amides is 1. The van der Waals surface area contributed by atoms with Crippen LogP contribution in [0.5, 0.6) is 0 Å². The Kier molecular flexibility index (Phi) is 3.05. The molecule has 0 unspecified atom stereocenters. The number of nitrogens with zero attached hydrogens (tertiary/aromatic N) is 1. The molecule has 15 heavy (non-hydrogen) atoms. The number of carbonyl (C=O) groups excluding carboxylic acids is 1. The number of ether oxygens (including phenoxy) is 1. The molecule has 0 aromatic carbocycles. The average Bonchev–Trinajstić information content (AvgIpc) is 2.19. The minimum Gasteiger partial charge on any atom is -0.499 e. The van der Waals surface area contributed by atoms with E-state index in [2.05, 4.69) is 6.58 Å². The number of fused-ring (bicyclic) bond motifs is 1. The van der Waals surface area contributed by atoms with E-state index in [0.29, 0.717) is 18.4 Å². The van der Waals surface area contributed by atoms with Gasteiger partial charge in [0.1, 0.15) is 0 Å². The van der Waals surface area contributed by atoms with Gasteiger partial charge < -0.3 is 9.64 Å². The van der Waals surface area contributed by atoms with E-state index in [-0.39, 0.29) is 5.91 Å². The maximum atomic E-state index is 11.2. The summed E-state index contributed by atoms with van der Waals surface area (Å²) in [5.74, 6) is 2.00. The maximum absolute atomic E-state index is 11.2. The zero-order valence-corrected chi connectivity index (χ0v) is 9.68. The first-order valence-electron chi connectivity index (χ1n) is 5.13. The Morgan fingerprint density at radius 2 is 2.60 bits per heavy atom. The third kappa shape index (κ3) is 2.20. The van der Waals surface area contributed by atoms with Gasteiger partial charge in [-0.05, 0) is 12.5 Å². The van der Waals surface area contributed by atoms with Crippen molar-refractivity contribution in [3.05, 3.63) is 24.1 Å².